The minimum Gasteiger partial charge on any atom is -0.355 e. The van der Waals surface area contributed by atoms with Crippen LogP contribution in [0, 0.1) is 4.77 Å². The van der Waals surface area contributed by atoms with Gasteiger partial charge >= 0.3 is 6.18 Å². The van der Waals surface area contributed by atoms with Crippen molar-refractivity contribution < 1.29 is 22.9 Å². The highest BCUT2D eigenvalue weighted by Gasteiger charge is 2.37. The maximum atomic E-state index is 12.9. The quantitative estimate of drug-likeness (QED) is 0.768. The number of hydrogen-bond acceptors (Lipinski definition) is 3. The van der Waals surface area contributed by atoms with Crippen LogP contribution in [0.3, 0.4) is 0 Å². The molecule has 0 aliphatic carbocycles. The second-order valence-electron chi connectivity index (χ2n) is 5.73. The monoisotopic (exact) mass is 374 g/mol. The normalized spacial score (nSPS) is 12.9. The Kier molecular flexibility index (Phi) is 5.63. The molecule has 0 aliphatic rings. The molecule has 1 atom stereocenters. The topological polar surface area (TPSA) is 56.3 Å². The molecule has 0 radical (unpaired) electrons. The largest absolute Gasteiger partial charge is 0.451 e. The van der Waals surface area contributed by atoms with E-state index in [-0.39, 0.29) is 17.3 Å². The number of quaternary nitrogens is 1. The highest BCUT2D eigenvalue weighted by Crippen LogP contribution is 2.27. The third kappa shape index (κ3) is 4.45. The maximum absolute atomic E-state index is 12.9. The number of amides is 1. The van der Waals surface area contributed by atoms with Gasteiger partial charge in [-0.1, -0.05) is 12.1 Å². The first-order valence-electron chi connectivity index (χ1n) is 7.47. The Hall–Kier alpha value is -2.20. The Morgan fingerprint density at radius 1 is 1.32 bits per heavy atom. The van der Waals surface area contributed by atoms with Crippen LogP contribution in [-0.2, 0) is 26.4 Å². The first kappa shape index (κ1) is 19.1. The molecule has 136 valence electrons. The van der Waals surface area contributed by atoms with Gasteiger partial charge in [0.2, 0.25) is 10.6 Å². The number of benzene rings is 1. The minimum absolute atomic E-state index is 0.0154. The lowest BCUT2D eigenvalue weighted by Gasteiger charge is -2.14. The fraction of sp³-hybridized carbons (Fsp3) is 0.400. The molecule has 0 saturated heterocycles. The van der Waals surface area contributed by atoms with Crippen LogP contribution in [0.4, 0.5) is 13.2 Å². The molecule has 6 nitrogen and oxygen atoms in total. The molecule has 0 fully saturated rings. The van der Waals surface area contributed by atoms with Crippen molar-refractivity contribution in [2.45, 2.75) is 19.4 Å². The molecule has 2 aromatic rings. The molecule has 25 heavy (non-hydrogen) atoms. The summed E-state index contributed by atoms with van der Waals surface area (Å²) in [5.74, 6) is -1.19. The van der Waals surface area contributed by atoms with Crippen molar-refractivity contribution in [1.82, 2.24) is 19.7 Å². The summed E-state index contributed by atoms with van der Waals surface area (Å²) in [5.41, 5.74) is 1.49. The van der Waals surface area contributed by atoms with Gasteiger partial charge in [-0.05, 0) is 24.4 Å². The number of alkyl halides is 3. The van der Waals surface area contributed by atoms with Crippen molar-refractivity contribution in [2.75, 3.05) is 14.1 Å². The van der Waals surface area contributed by atoms with E-state index in [1.54, 1.807) is 19.2 Å². The van der Waals surface area contributed by atoms with Crippen molar-refractivity contribution >= 4 is 18.1 Å². The van der Waals surface area contributed by atoms with Gasteiger partial charge in [0, 0.05) is 25.2 Å². The van der Waals surface area contributed by atoms with E-state index in [9.17, 15) is 18.0 Å². The summed E-state index contributed by atoms with van der Waals surface area (Å²) in [6.45, 7) is 0.744. The van der Waals surface area contributed by atoms with E-state index in [2.05, 4.69) is 10.4 Å². The van der Waals surface area contributed by atoms with Crippen LogP contribution >= 0.6 is 12.2 Å². The van der Waals surface area contributed by atoms with Gasteiger partial charge in [-0.2, -0.15) is 17.9 Å². The first-order chi connectivity index (χ1) is 11.6. The van der Waals surface area contributed by atoms with Gasteiger partial charge < -0.3 is 10.2 Å². The average molecular weight is 374 g/mol. The van der Waals surface area contributed by atoms with Crippen molar-refractivity contribution in [3.05, 3.63) is 46.0 Å². The lowest BCUT2D eigenvalue weighted by molar-refractivity contribution is -0.917. The van der Waals surface area contributed by atoms with Gasteiger partial charge in [0.05, 0.1) is 7.05 Å². The molecule has 0 saturated carbocycles. The second kappa shape index (κ2) is 7.36. The Morgan fingerprint density at radius 2 is 1.92 bits per heavy atom. The Bertz CT molecular complexity index is 810. The summed E-state index contributed by atoms with van der Waals surface area (Å²) in [7, 11) is 4.64. The molecule has 0 spiro atoms. The highest BCUT2D eigenvalue weighted by atomic mass is 32.1. The minimum atomic E-state index is -4.54. The number of rotatable bonds is 5. The van der Waals surface area contributed by atoms with E-state index in [1.165, 1.54) is 11.7 Å². The van der Waals surface area contributed by atoms with Crippen LogP contribution in [-0.4, -0.2) is 34.4 Å². The van der Waals surface area contributed by atoms with E-state index >= 15 is 0 Å². The van der Waals surface area contributed by atoms with Crippen LogP contribution < -0.4 is 10.2 Å². The van der Waals surface area contributed by atoms with Crippen LogP contribution in [0.25, 0.3) is 0 Å². The van der Waals surface area contributed by atoms with Crippen molar-refractivity contribution in [1.29, 1.82) is 0 Å². The summed E-state index contributed by atoms with van der Waals surface area (Å²) in [6.07, 6.45) is -4.54. The number of carbonyl (C=O) groups is 1. The third-order valence-electron chi connectivity index (χ3n) is 3.66. The molecular weight excluding hydrogens is 355 g/mol. The maximum Gasteiger partial charge on any atom is 0.451 e. The van der Waals surface area contributed by atoms with Gasteiger partial charge in [-0.15, -0.1) is 5.10 Å². The summed E-state index contributed by atoms with van der Waals surface area (Å²) >= 11 is 5.03. The zero-order valence-electron chi connectivity index (χ0n) is 14.0. The van der Waals surface area contributed by atoms with Crippen molar-refractivity contribution in [3.63, 3.8) is 0 Å². The smallest absolute Gasteiger partial charge is 0.355 e. The van der Waals surface area contributed by atoms with Gasteiger partial charge in [0.1, 0.15) is 6.54 Å². The van der Waals surface area contributed by atoms with Crippen LogP contribution in [0.2, 0.25) is 0 Å². The Balaban J connectivity index is 2.09. The number of halogens is 3. The fourth-order valence-electron chi connectivity index (χ4n) is 2.42. The van der Waals surface area contributed by atoms with Crippen LogP contribution in [0.5, 0.6) is 0 Å². The molecule has 1 amide bonds. The van der Waals surface area contributed by atoms with E-state index < -0.39 is 12.0 Å². The number of hydrogen-bond donors (Lipinski definition) is 2. The lowest BCUT2D eigenvalue weighted by atomic mass is 10.1. The number of nitrogens with zero attached hydrogens (tertiary/aromatic N) is 3. The standard InChI is InChI=1S/C15H18F3N5OS/c1-19-12(24)11-6-4-10(5-7-11)8-21(2)9-23-14(25)22(3)13(20-23)15(16,17)18/h4-7H,8-9H2,1-3H3,(H,19,24)/p+1. The SMILES string of the molecule is CNC(=O)c1ccc(C[NH+](C)Cn2nc(C(F)(F)F)n(C)c2=S)cc1. The predicted octanol–water partition coefficient (Wildman–Crippen LogP) is 1.00. The first-order valence-corrected chi connectivity index (χ1v) is 7.87. The second-order valence-corrected chi connectivity index (χ2v) is 6.10. The van der Waals surface area contributed by atoms with Gasteiger partial charge in [-0.25, -0.2) is 0 Å². The number of carbonyl (C=O) groups excluding carboxylic acids is 1. The summed E-state index contributed by atoms with van der Waals surface area (Å²) in [6, 6.07) is 7.03. The van der Waals surface area contributed by atoms with Crippen molar-refractivity contribution in [2.24, 2.45) is 7.05 Å². The molecule has 0 bridgehead atoms. The van der Waals surface area contributed by atoms with Crippen LogP contribution in [0.1, 0.15) is 21.7 Å². The lowest BCUT2D eigenvalue weighted by Crippen LogP contribution is -3.07. The summed E-state index contributed by atoms with van der Waals surface area (Å²) in [5, 5.41) is 6.13. The molecule has 1 unspecified atom stereocenters. The fourth-order valence-corrected chi connectivity index (χ4v) is 2.61. The van der Waals surface area contributed by atoms with E-state index in [0.29, 0.717) is 12.1 Å². The Morgan fingerprint density at radius 3 is 2.40 bits per heavy atom. The van der Waals surface area contributed by atoms with Crippen LogP contribution in [0.15, 0.2) is 24.3 Å². The molecule has 10 heteroatoms. The molecule has 2 rings (SSSR count). The number of nitrogens with one attached hydrogen (secondary N) is 2. The Labute approximate surface area is 147 Å². The van der Waals surface area contributed by atoms with Gasteiger partial charge in [0.15, 0.2) is 6.67 Å². The zero-order valence-corrected chi connectivity index (χ0v) is 14.8. The molecule has 1 aromatic heterocycles. The highest BCUT2D eigenvalue weighted by molar-refractivity contribution is 7.71. The van der Waals surface area contributed by atoms with Crippen molar-refractivity contribution in [3.8, 4) is 0 Å². The third-order valence-corrected chi connectivity index (χ3v) is 4.15. The van der Waals surface area contributed by atoms with Gasteiger partial charge in [0.25, 0.3) is 5.91 Å². The summed E-state index contributed by atoms with van der Waals surface area (Å²) in [4.78, 5) is 12.4. The molecule has 2 N–H and O–H groups in total. The van der Waals surface area contributed by atoms with E-state index in [0.717, 1.165) is 15.0 Å². The average Bonchev–Trinajstić information content (AvgIpc) is 2.83. The number of aromatic nitrogens is 3. The predicted molar refractivity (Wildman–Crippen MR) is 87.5 cm³/mol. The zero-order chi connectivity index (χ0) is 18.8. The molecule has 1 heterocycles. The van der Waals surface area contributed by atoms with E-state index in [1.807, 2.05) is 19.2 Å². The summed E-state index contributed by atoms with van der Waals surface area (Å²) < 4.78 is 40.7. The van der Waals surface area contributed by atoms with E-state index in [4.69, 9.17) is 12.2 Å². The van der Waals surface area contributed by atoms with Gasteiger partial charge in [-0.3, -0.25) is 9.36 Å². The molecular formula is C15H19F3N5OS+. The molecule has 1 aromatic carbocycles. The molecule has 0 aliphatic heterocycles.